The molecule has 1 fully saturated rings. The van der Waals surface area contributed by atoms with Crippen LogP contribution in [0.25, 0.3) is 0 Å². The lowest BCUT2D eigenvalue weighted by molar-refractivity contribution is -0.0205. The maximum absolute atomic E-state index is 10.4. The minimum Gasteiger partial charge on any atom is -0.463 e. The normalized spacial score (nSPS) is 21.0. The van der Waals surface area contributed by atoms with Gasteiger partial charge in [-0.15, -0.1) is 0 Å². The van der Waals surface area contributed by atoms with Crippen LogP contribution in [-0.4, -0.2) is 5.11 Å². The highest BCUT2D eigenvalue weighted by atomic mass is 16.4. The van der Waals surface area contributed by atoms with Crippen LogP contribution in [0.5, 0.6) is 0 Å². The Morgan fingerprint density at radius 2 is 2.00 bits per heavy atom. The maximum atomic E-state index is 10.4. The summed E-state index contributed by atoms with van der Waals surface area (Å²) in [5.74, 6) is 1.74. The van der Waals surface area contributed by atoms with Crippen molar-refractivity contribution in [3.05, 3.63) is 23.7 Å². The van der Waals surface area contributed by atoms with E-state index in [1.165, 1.54) is 6.42 Å². The molecule has 2 rings (SSSR count). The van der Waals surface area contributed by atoms with Crippen LogP contribution in [0.4, 0.5) is 0 Å². The molecular weight excluding hydrogens is 176 g/mol. The average Bonchev–Trinajstić information content (AvgIpc) is 2.67. The molecule has 0 bridgehead atoms. The van der Waals surface area contributed by atoms with Gasteiger partial charge >= 0.3 is 0 Å². The first-order valence-electron chi connectivity index (χ1n) is 5.56. The SMILES string of the molecule is CCc1ccc(C2(O)CCCCC2)o1. The quantitative estimate of drug-likeness (QED) is 0.785. The summed E-state index contributed by atoms with van der Waals surface area (Å²) in [6.45, 7) is 2.06. The Bertz CT molecular complexity index is 295. The molecule has 0 aliphatic heterocycles. The molecule has 0 atom stereocenters. The van der Waals surface area contributed by atoms with Crippen LogP contribution < -0.4 is 0 Å². The second-order valence-corrected chi connectivity index (χ2v) is 4.21. The molecule has 0 spiro atoms. The molecule has 1 aromatic rings. The standard InChI is InChI=1S/C12H18O2/c1-2-10-6-7-11(14-10)12(13)8-4-3-5-9-12/h6-7,13H,2-5,8-9H2,1H3. The van der Waals surface area contributed by atoms with E-state index < -0.39 is 5.60 Å². The fraction of sp³-hybridized carbons (Fsp3) is 0.667. The molecule has 1 saturated carbocycles. The molecule has 0 unspecified atom stereocenters. The molecular formula is C12H18O2. The first-order valence-corrected chi connectivity index (χ1v) is 5.56. The van der Waals surface area contributed by atoms with E-state index in [1.54, 1.807) is 0 Å². The topological polar surface area (TPSA) is 33.4 Å². The molecule has 0 amide bonds. The summed E-state index contributed by atoms with van der Waals surface area (Å²) in [7, 11) is 0. The molecule has 78 valence electrons. The van der Waals surface area contributed by atoms with Crippen LogP contribution in [-0.2, 0) is 12.0 Å². The third-order valence-corrected chi connectivity index (χ3v) is 3.15. The molecule has 14 heavy (non-hydrogen) atoms. The van der Waals surface area contributed by atoms with Crippen molar-refractivity contribution in [1.82, 2.24) is 0 Å². The summed E-state index contributed by atoms with van der Waals surface area (Å²) in [4.78, 5) is 0. The second-order valence-electron chi connectivity index (χ2n) is 4.21. The smallest absolute Gasteiger partial charge is 0.135 e. The first kappa shape index (κ1) is 9.78. The van der Waals surface area contributed by atoms with Crippen LogP contribution in [0.1, 0.15) is 50.5 Å². The number of aliphatic hydroxyl groups is 1. The Hall–Kier alpha value is -0.760. The van der Waals surface area contributed by atoms with Gasteiger partial charge in [0.2, 0.25) is 0 Å². The predicted octanol–water partition coefficient (Wildman–Crippen LogP) is 2.99. The largest absolute Gasteiger partial charge is 0.463 e. The number of hydrogen-bond acceptors (Lipinski definition) is 2. The zero-order valence-electron chi connectivity index (χ0n) is 8.75. The maximum Gasteiger partial charge on any atom is 0.135 e. The van der Waals surface area contributed by atoms with Crippen molar-refractivity contribution in [3.8, 4) is 0 Å². The van der Waals surface area contributed by atoms with Crippen LogP contribution in [0.2, 0.25) is 0 Å². The molecule has 0 saturated heterocycles. The summed E-state index contributed by atoms with van der Waals surface area (Å²) in [6, 6.07) is 3.91. The number of rotatable bonds is 2. The van der Waals surface area contributed by atoms with Crippen LogP contribution >= 0.6 is 0 Å². The Morgan fingerprint density at radius 3 is 2.57 bits per heavy atom. The summed E-state index contributed by atoms with van der Waals surface area (Å²) in [5.41, 5.74) is -0.675. The molecule has 1 aliphatic carbocycles. The van der Waals surface area contributed by atoms with E-state index in [-0.39, 0.29) is 0 Å². The third kappa shape index (κ3) is 1.71. The molecule has 1 aromatic heterocycles. The molecule has 0 radical (unpaired) electrons. The number of aryl methyl sites for hydroxylation is 1. The molecule has 0 aromatic carbocycles. The van der Waals surface area contributed by atoms with Crippen molar-refractivity contribution >= 4 is 0 Å². The number of furan rings is 1. The van der Waals surface area contributed by atoms with E-state index in [9.17, 15) is 5.11 Å². The highest BCUT2D eigenvalue weighted by Crippen LogP contribution is 2.37. The van der Waals surface area contributed by atoms with Crippen molar-refractivity contribution < 1.29 is 9.52 Å². The highest BCUT2D eigenvalue weighted by molar-refractivity contribution is 5.14. The van der Waals surface area contributed by atoms with Crippen molar-refractivity contribution in [3.63, 3.8) is 0 Å². The monoisotopic (exact) mass is 194 g/mol. The van der Waals surface area contributed by atoms with E-state index in [0.717, 1.165) is 43.6 Å². The zero-order chi connectivity index (χ0) is 10.0. The van der Waals surface area contributed by atoms with Crippen molar-refractivity contribution in [2.45, 2.75) is 51.0 Å². The molecule has 2 heteroatoms. The van der Waals surface area contributed by atoms with Gasteiger partial charge < -0.3 is 9.52 Å². The predicted molar refractivity (Wildman–Crippen MR) is 55.1 cm³/mol. The van der Waals surface area contributed by atoms with Crippen LogP contribution in [0.15, 0.2) is 16.5 Å². The summed E-state index contributed by atoms with van der Waals surface area (Å²) in [5, 5.41) is 10.4. The second kappa shape index (κ2) is 3.77. The van der Waals surface area contributed by atoms with Crippen LogP contribution in [0, 0.1) is 0 Å². The van der Waals surface area contributed by atoms with Crippen LogP contribution in [0.3, 0.4) is 0 Å². The van der Waals surface area contributed by atoms with Gasteiger partial charge in [0, 0.05) is 6.42 Å². The van der Waals surface area contributed by atoms with Gasteiger partial charge in [-0.25, -0.2) is 0 Å². The minimum absolute atomic E-state index is 0.675. The van der Waals surface area contributed by atoms with Gasteiger partial charge in [0.25, 0.3) is 0 Å². The van der Waals surface area contributed by atoms with Gasteiger partial charge in [-0.2, -0.15) is 0 Å². The Kier molecular flexibility index (Phi) is 2.64. The van der Waals surface area contributed by atoms with Gasteiger partial charge in [0.05, 0.1) is 0 Å². The molecule has 1 N–H and O–H groups in total. The molecule has 1 heterocycles. The Labute approximate surface area is 84.9 Å². The highest BCUT2D eigenvalue weighted by Gasteiger charge is 2.33. The van der Waals surface area contributed by atoms with E-state index in [2.05, 4.69) is 6.92 Å². The Morgan fingerprint density at radius 1 is 1.29 bits per heavy atom. The fourth-order valence-corrected chi connectivity index (χ4v) is 2.20. The van der Waals surface area contributed by atoms with Gasteiger partial charge in [-0.3, -0.25) is 0 Å². The lowest BCUT2D eigenvalue weighted by Crippen LogP contribution is -2.27. The Balaban J connectivity index is 2.19. The lowest BCUT2D eigenvalue weighted by Gasteiger charge is -2.29. The molecule has 1 aliphatic rings. The van der Waals surface area contributed by atoms with Crippen molar-refractivity contribution in [1.29, 1.82) is 0 Å². The summed E-state index contributed by atoms with van der Waals surface area (Å²) >= 11 is 0. The van der Waals surface area contributed by atoms with E-state index in [4.69, 9.17) is 4.42 Å². The lowest BCUT2D eigenvalue weighted by atomic mass is 9.83. The van der Waals surface area contributed by atoms with Crippen molar-refractivity contribution in [2.75, 3.05) is 0 Å². The van der Waals surface area contributed by atoms with E-state index in [1.807, 2.05) is 12.1 Å². The van der Waals surface area contributed by atoms with Crippen molar-refractivity contribution in [2.24, 2.45) is 0 Å². The van der Waals surface area contributed by atoms with Gasteiger partial charge in [-0.1, -0.05) is 26.2 Å². The van der Waals surface area contributed by atoms with Gasteiger partial charge in [0.15, 0.2) is 0 Å². The fourth-order valence-electron chi connectivity index (χ4n) is 2.20. The minimum atomic E-state index is -0.675. The van der Waals surface area contributed by atoms with E-state index in [0.29, 0.717) is 0 Å². The third-order valence-electron chi connectivity index (χ3n) is 3.15. The molecule has 2 nitrogen and oxygen atoms in total. The van der Waals surface area contributed by atoms with E-state index >= 15 is 0 Å². The van der Waals surface area contributed by atoms with Gasteiger partial charge in [-0.05, 0) is 25.0 Å². The first-order chi connectivity index (χ1) is 6.74. The zero-order valence-corrected chi connectivity index (χ0v) is 8.75. The average molecular weight is 194 g/mol. The summed E-state index contributed by atoms with van der Waals surface area (Å²) < 4.78 is 5.63. The van der Waals surface area contributed by atoms with Gasteiger partial charge in [0.1, 0.15) is 17.1 Å². The summed E-state index contributed by atoms with van der Waals surface area (Å²) in [6.07, 6.45) is 6.06. The number of hydrogen-bond donors (Lipinski definition) is 1.